The Labute approximate surface area is 149 Å². The highest BCUT2D eigenvalue weighted by Gasteiger charge is 2.07. The summed E-state index contributed by atoms with van der Waals surface area (Å²) in [6.45, 7) is 5.59. The Morgan fingerprint density at radius 3 is 2.83 bits per heavy atom. The maximum absolute atomic E-state index is 11.9. The van der Waals surface area contributed by atoms with E-state index in [9.17, 15) is 4.79 Å². The van der Waals surface area contributed by atoms with Gasteiger partial charge in [-0.3, -0.25) is 4.79 Å². The van der Waals surface area contributed by atoms with E-state index in [1.165, 1.54) is 0 Å². The molecule has 1 heterocycles. The van der Waals surface area contributed by atoms with Crippen molar-refractivity contribution < 1.29 is 9.90 Å². The van der Waals surface area contributed by atoms with E-state index in [1.54, 1.807) is 18.5 Å². The van der Waals surface area contributed by atoms with Crippen LogP contribution in [-0.2, 0) is 0 Å². The standard InChI is InChI=1S/C17H21BrN4O2/c1-3-22(6-7-23)15-5-4-13(12(2)8-15)10-20-21-17(24)16-9-14(18)11-19-16/h4-5,8-11,19,23H,3,6-7H2,1-2H3,(H,21,24)/b20-10-. The van der Waals surface area contributed by atoms with Gasteiger partial charge in [0.15, 0.2) is 0 Å². The topological polar surface area (TPSA) is 80.7 Å². The number of benzene rings is 1. The van der Waals surface area contributed by atoms with Crippen molar-refractivity contribution in [3.63, 3.8) is 0 Å². The van der Waals surface area contributed by atoms with E-state index in [4.69, 9.17) is 5.11 Å². The number of aromatic amines is 1. The predicted molar refractivity (Wildman–Crippen MR) is 99.7 cm³/mol. The minimum absolute atomic E-state index is 0.122. The summed E-state index contributed by atoms with van der Waals surface area (Å²) >= 11 is 3.28. The van der Waals surface area contributed by atoms with Crippen molar-refractivity contribution in [3.05, 3.63) is 51.8 Å². The number of H-pyrrole nitrogens is 1. The van der Waals surface area contributed by atoms with Gasteiger partial charge >= 0.3 is 0 Å². The molecule has 3 N–H and O–H groups in total. The summed E-state index contributed by atoms with van der Waals surface area (Å²) < 4.78 is 0.812. The van der Waals surface area contributed by atoms with Crippen molar-refractivity contribution in [1.82, 2.24) is 10.4 Å². The van der Waals surface area contributed by atoms with E-state index in [0.717, 1.165) is 27.8 Å². The fourth-order valence-corrected chi connectivity index (χ4v) is 2.65. The summed E-state index contributed by atoms with van der Waals surface area (Å²) in [7, 11) is 0. The first-order chi connectivity index (χ1) is 11.5. The minimum atomic E-state index is -0.300. The van der Waals surface area contributed by atoms with Crippen LogP contribution in [0.1, 0.15) is 28.5 Å². The van der Waals surface area contributed by atoms with Gasteiger partial charge in [0, 0.05) is 29.4 Å². The van der Waals surface area contributed by atoms with Crippen LogP contribution in [0, 0.1) is 6.92 Å². The number of hydrazone groups is 1. The number of carbonyl (C=O) groups is 1. The molecule has 0 aliphatic heterocycles. The Morgan fingerprint density at radius 1 is 1.46 bits per heavy atom. The summed E-state index contributed by atoms with van der Waals surface area (Å²) in [6.07, 6.45) is 3.31. The second-order valence-corrected chi connectivity index (χ2v) is 6.19. The van der Waals surface area contributed by atoms with Gasteiger partial charge < -0.3 is 15.0 Å². The number of aliphatic hydroxyl groups excluding tert-OH is 1. The number of anilines is 1. The van der Waals surface area contributed by atoms with E-state index in [0.29, 0.717) is 12.2 Å². The second-order valence-electron chi connectivity index (χ2n) is 5.27. The monoisotopic (exact) mass is 392 g/mol. The fraction of sp³-hybridized carbons (Fsp3) is 0.294. The molecule has 0 aliphatic rings. The number of nitrogens with one attached hydrogen (secondary N) is 2. The molecule has 0 unspecified atom stereocenters. The first kappa shape index (κ1) is 18.2. The Morgan fingerprint density at radius 2 is 2.25 bits per heavy atom. The quantitative estimate of drug-likeness (QED) is 0.500. The van der Waals surface area contributed by atoms with Gasteiger partial charge in [-0.25, -0.2) is 5.43 Å². The number of aliphatic hydroxyl groups is 1. The first-order valence-electron chi connectivity index (χ1n) is 7.69. The summed E-state index contributed by atoms with van der Waals surface area (Å²) in [6, 6.07) is 7.67. The molecule has 24 heavy (non-hydrogen) atoms. The maximum Gasteiger partial charge on any atom is 0.287 e. The van der Waals surface area contributed by atoms with Gasteiger partial charge in [-0.05, 0) is 59.1 Å². The number of aromatic nitrogens is 1. The molecular weight excluding hydrogens is 372 g/mol. The summed E-state index contributed by atoms with van der Waals surface area (Å²) in [5.41, 5.74) is 5.96. The number of aryl methyl sites for hydroxylation is 1. The molecule has 128 valence electrons. The van der Waals surface area contributed by atoms with Gasteiger partial charge in [0.1, 0.15) is 5.69 Å². The highest BCUT2D eigenvalue weighted by Crippen LogP contribution is 2.18. The molecule has 2 rings (SSSR count). The lowest BCUT2D eigenvalue weighted by Crippen LogP contribution is -2.26. The Balaban J connectivity index is 2.03. The summed E-state index contributed by atoms with van der Waals surface area (Å²) in [5, 5.41) is 13.1. The average Bonchev–Trinajstić information content (AvgIpc) is 3.00. The van der Waals surface area contributed by atoms with Gasteiger partial charge in [0.05, 0.1) is 12.8 Å². The Hall–Kier alpha value is -2.12. The molecule has 1 aromatic heterocycles. The number of halogens is 1. The highest BCUT2D eigenvalue weighted by molar-refractivity contribution is 9.10. The van der Waals surface area contributed by atoms with Crippen molar-refractivity contribution in [3.8, 4) is 0 Å². The SMILES string of the molecule is CCN(CCO)c1ccc(/C=N\NC(=O)c2cc(Br)c[nH]2)c(C)c1. The van der Waals surface area contributed by atoms with Crippen LogP contribution in [-0.4, -0.2) is 41.9 Å². The van der Waals surface area contributed by atoms with E-state index in [1.807, 2.05) is 25.1 Å². The van der Waals surface area contributed by atoms with E-state index < -0.39 is 0 Å². The number of nitrogens with zero attached hydrogens (tertiary/aromatic N) is 2. The number of hydrogen-bond donors (Lipinski definition) is 3. The third kappa shape index (κ3) is 4.69. The molecule has 0 atom stereocenters. The molecule has 0 spiro atoms. The molecule has 0 saturated heterocycles. The molecule has 7 heteroatoms. The zero-order chi connectivity index (χ0) is 17.5. The van der Waals surface area contributed by atoms with Gasteiger partial charge in [-0.15, -0.1) is 0 Å². The molecule has 0 radical (unpaired) electrons. The predicted octanol–water partition coefficient (Wildman–Crippen LogP) is 2.67. The van der Waals surface area contributed by atoms with Crippen LogP contribution < -0.4 is 10.3 Å². The van der Waals surface area contributed by atoms with Crippen LogP contribution in [0.5, 0.6) is 0 Å². The third-order valence-electron chi connectivity index (χ3n) is 3.63. The zero-order valence-electron chi connectivity index (χ0n) is 13.7. The number of likely N-dealkylation sites (N-methyl/N-ethyl adjacent to an activating group) is 1. The van der Waals surface area contributed by atoms with Gasteiger partial charge in [0.25, 0.3) is 5.91 Å². The fourth-order valence-electron chi connectivity index (χ4n) is 2.31. The van der Waals surface area contributed by atoms with Gasteiger partial charge in [0.2, 0.25) is 0 Å². The number of amides is 1. The van der Waals surface area contributed by atoms with E-state index >= 15 is 0 Å². The molecule has 0 aliphatic carbocycles. The number of carbonyl (C=O) groups excluding carboxylic acids is 1. The van der Waals surface area contributed by atoms with E-state index in [-0.39, 0.29) is 12.5 Å². The van der Waals surface area contributed by atoms with Crippen molar-refractivity contribution in [2.24, 2.45) is 5.10 Å². The van der Waals surface area contributed by atoms with Crippen LogP contribution in [0.4, 0.5) is 5.69 Å². The van der Waals surface area contributed by atoms with Crippen molar-refractivity contribution in [2.75, 3.05) is 24.6 Å². The summed E-state index contributed by atoms with van der Waals surface area (Å²) in [5.74, 6) is -0.300. The molecule has 1 amide bonds. The number of rotatable bonds is 7. The maximum atomic E-state index is 11.9. The zero-order valence-corrected chi connectivity index (χ0v) is 15.3. The largest absolute Gasteiger partial charge is 0.395 e. The number of hydrogen-bond acceptors (Lipinski definition) is 4. The second kappa shape index (κ2) is 8.65. The molecule has 0 bridgehead atoms. The molecular formula is C17H21BrN4O2. The molecule has 2 aromatic rings. The van der Waals surface area contributed by atoms with Crippen molar-refractivity contribution in [2.45, 2.75) is 13.8 Å². The summed E-state index contributed by atoms with van der Waals surface area (Å²) in [4.78, 5) is 16.8. The molecule has 0 fully saturated rings. The first-order valence-corrected chi connectivity index (χ1v) is 8.48. The Kier molecular flexibility index (Phi) is 6.57. The highest BCUT2D eigenvalue weighted by atomic mass is 79.9. The van der Waals surface area contributed by atoms with Gasteiger partial charge in [-0.2, -0.15) is 5.10 Å². The lowest BCUT2D eigenvalue weighted by Gasteiger charge is -2.22. The molecule has 1 aromatic carbocycles. The van der Waals surface area contributed by atoms with Crippen LogP contribution in [0.2, 0.25) is 0 Å². The molecule has 6 nitrogen and oxygen atoms in total. The lowest BCUT2D eigenvalue weighted by molar-refractivity contribution is 0.0951. The van der Waals surface area contributed by atoms with Crippen LogP contribution in [0.15, 0.2) is 40.0 Å². The van der Waals surface area contributed by atoms with E-state index in [2.05, 4.69) is 43.3 Å². The minimum Gasteiger partial charge on any atom is -0.395 e. The normalized spacial score (nSPS) is 11.0. The van der Waals surface area contributed by atoms with Crippen LogP contribution >= 0.6 is 15.9 Å². The third-order valence-corrected chi connectivity index (χ3v) is 4.09. The average molecular weight is 393 g/mol. The lowest BCUT2D eigenvalue weighted by atomic mass is 10.1. The molecule has 0 saturated carbocycles. The smallest absolute Gasteiger partial charge is 0.287 e. The van der Waals surface area contributed by atoms with Crippen molar-refractivity contribution >= 4 is 33.7 Å². The van der Waals surface area contributed by atoms with Crippen LogP contribution in [0.3, 0.4) is 0 Å². The Bertz CT molecular complexity index is 727. The van der Waals surface area contributed by atoms with Crippen LogP contribution in [0.25, 0.3) is 0 Å². The van der Waals surface area contributed by atoms with Crippen molar-refractivity contribution in [1.29, 1.82) is 0 Å². The van der Waals surface area contributed by atoms with Gasteiger partial charge in [-0.1, -0.05) is 6.07 Å².